The molecule has 1 aliphatic carbocycles. The van der Waals surface area contributed by atoms with Crippen LogP contribution in [0.4, 0.5) is 8.78 Å². The first kappa shape index (κ1) is 12.5. The fourth-order valence-corrected chi connectivity index (χ4v) is 2.34. The molecule has 94 valence electrons. The van der Waals surface area contributed by atoms with Gasteiger partial charge in [-0.15, -0.1) is 0 Å². The minimum atomic E-state index is -2.78. The number of benzene rings is 1. The summed E-state index contributed by atoms with van der Waals surface area (Å²) in [6, 6.07) is 8.04. The molecule has 0 heterocycles. The molecule has 3 heteroatoms. The third-order valence-corrected chi connectivity index (χ3v) is 3.87. The highest BCUT2D eigenvalue weighted by Crippen LogP contribution is 2.36. The summed E-state index contributed by atoms with van der Waals surface area (Å²) < 4.78 is 27.8. The van der Waals surface area contributed by atoms with E-state index in [9.17, 15) is 8.78 Å². The summed E-state index contributed by atoms with van der Waals surface area (Å²) in [4.78, 5) is 0. The van der Waals surface area contributed by atoms with Crippen molar-refractivity contribution in [3.05, 3.63) is 35.9 Å². The summed E-state index contributed by atoms with van der Waals surface area (Å²) in [6.07, 6.45) is 4.12. The summed E-state index contributed by atoms with van der Waals surface area (Å²) in [7, 11) is 0. The molecule has 1 fully saturated rings. The molecule has 0 bridgehead atoms. The second-order valence-corrected chi connectivity index (χ2v) is 4.91. The Bertz CT molecular complexity index is 352. The summed E-state index contributed by atoms with van der Waals surface area (Å²) >= 11 is 0. The molecule has 1 N–H and O–H groups in total. The van der Waals surface area contributed by atoms with E-state index >= 15 is 0 Å². The Kier molecular flexibility index (Phi) is 3.48. The number of alkyl halides is 2. The number of rotatable bonds is 5. The molecule has 0 saturated heterocycles. The van der Waals surface area contributed by atoms with Crippen molar-refractivity contribution < 1.29 is 8.78 Å². The SMILES string of the molecule is CCC1(NCC(F)(F)c2ccccc2)CCC1. The minimum absolute atomic E-state index is 0.0296. The maximum Gasteiger partial charge on any atom is 0.285 e. The normalized spacial score (nSPS) is 18.8. The lowest BCUT2D eigenvalue weighted by Gasteiger charge is -2.43. The van der Waals surface area contributed by atoms with Crippen molar-refractivity contribution in [2.45, 2.75) is 44.1 Å². The first-order valence-electron chi connectivity index (χ1n) is 6.26. The number of hydrogen-bond acceptors (Lipinski definition) is 1. The van der Waals surface area contributed by atoms with Gasteiger partial charge >= 0.3 is 0 Å². The summed E-state index contributed by atoms with van der Waals surface area (Å²) in [5.41, 5.74) is 0.0659. The van der Waals surface area contributed by atoms with E-state index in [2.05, 4.69) is 12.2 Å². The van der Waals surface area contributed by atoms with Crippen LogP contribution >= 0.6 is 0 Å². The van der Waals surface area contributed by atoms with Gasteiger partial charge in [0.1, 0.15) is 0 Å². The van der Waals surface area contributed by atoms with E-state index in [-0.39, 0.29) is 17.6 Å². The topological polar surface area (TPSA) is 12.0 Å². The average Bonchev–Trinajstić information content (AvgIpc) is 2.29. The first-order chi connectivity index (χ1) is 8.08. The average molecular weight is 239 g/mol. The van der Waals surface area contributed by atoms with Crippen LogP contribution in [0, 0.1) is 0 Å². The van der Waals surface area contributed by atoms with E-state index < -0.39 is 5.92 Å². The third kappa shape index (κ3) is 2.65. The van der Waals surface area contributed by atoms with Crippen LogP contribution in [0.3, 0.4) is 0 Å². The van der Waals surface area contributed by atoms with Gasteiger partial charge in [0, 0.05) is 11.1 Å². The quantitative estimate of drug-likeness (QED) is 0.826. The van der Waals surface area contributed by atoms with Gasteiger partial charge in [-0.3, -0.25) is 0 Å². The highest BCUT2D eigenvalue weighted by atomic mass is 19.3. The van der Waals surface area contributed by atoms with Gasteiger partial charge in [-0.05, 0) is 25.7 Å². The molecule has 1 saturated carbocycles. The molecule has 0 aromatic heterocycles. The lowest BCUT2D eigenvalue weighted by molar-refractivity contribution is -0.0180. The van der Waals surface area contributed by atoms with Crippen LogP contribution in [-0.4, -0.2) is 12.1 Å². The van der Waals surface area contributed by atoms with Gasteiger partial charge < -0.3 is 5.32 Å². The van der Waals surface area contributed by atoms with E-state index in [1.165, 1.54) is 12.1 Å². The molecule has 17 heavy (non-hydrogen) atoms. The monoisotopic (exact) mass is 239 g/mol. The standard InChI is InChI=1S/C14H19F2N/c1-2-13(9-6-10-13)17-11-14(15,16)12-7-4-3-5-8-12/h3-5,7-8,17H,2,6,9-11H2,1H3. The van der Waals surface area contributed by atoms with E-state index in [0.717, 1.165) is 25.7 Å². The van der Waals surface area contributed by atoms with E-state index in [0.29, 0.717) is 0 Å². The van der Waals surface area contributed by atoms with Gasteiger partial charge in [0.2, 0.25) is 0 Å². The van der Waals surface area contributed by atoms with Crippen molar-refractivity contribution >= 4 is 0 Å². The molecular weight excluding hydrogens is 220 g/mol. The van der Waals surface area contributed by atoms with Crippen LogP contribution in [0.25, 0.3) is 0 Å². The summed E-state index contributed by atoms with van der Waals surface area (Å²) in [5, 5.41) is 3.07. The van der Waals surface area contributed by atoms with Crippen LogP contribution in [-0.2, 0) is 5.92 Å². The van der Waals surface area contributed by atoms with Crippen molar-refractivity contribution in [1.29, 1.82) is 0 Å². The van der Waals surface area contributed by atoms with E-state index in [1.807, 2.05) is 0 Å². The molecule has 1 aromatic carbocycles. The molecule has 1 aromatic rings. The fraction of sp³-hybridized carbons (Fsp3) is 0.571. The van der Waals surface area contributed by atoms with Crippen LogP contribution in [0.1, 0.15) is 38.2 Å². The highest BCUT2D eigenvalue weighted by Gasteiger charge is 2.39. The van der Waals surface area contributed by atoms with Crippen LogP contribution in [0.15, 0.2) is 30.3 Å². The fourth-order valence-electron chi connectivity index (χ4n) is 2.34. The molecular formula is C14H19F2N. The van der Waals surface area contributed by atoms with Crippen molar-refractivity contribution in [1.82, 2.24) is 5.32 Å². The Labute approximate surface area is 101 Å². The van der Waals surface area contributed by atoms with Gasteiger partial charge in [-0.1, -0.05) is 37.3 Å². The lowest BCUT2D eigenvalue weighted by atomic mass is 9.74. The molecule has 0 aliphatic heterocycles. The largest absolute Gasteiger partial charge is 0.305 e. The van der Waals surface area contributed by atoms with Crippen molar-refractivity contribution in [2.24, 2.45) is 0 Å². The minimum Gasteiger partial charge on any atom is -0.305 e. The Morgan fingerprint density at radius 1 is 1.24 bits per heavy atom. The highest BCUT2D eigenvalue weighted by molar-refractivity contribution is 5.20. The van der Waals surface area contributed by atoms with Crippen LogP contribution < -0.4 is 5.32 Å². The molecule has 0 radical (unpaired) electrons. The van der Waals surface area contributed by atoms with Crippen molar-refractivity contribution in [3.8, 4) is 0 Å². The zero-order valence-electron chi connectivity index (χ0n) is 10.2. The molecule has 0 spiro atoms. The number of halogens is 2. The van der Waals surface area contributed by atoms with Gasteiger partial charge in [-0.2, -0.15) is 8.78 Å². The predicted octanol–water partition coefficient (Wildman–Crippen LogP) is 3.70. The Hall–Kier alpha value is -0.960. The first-order valence-corrected chi connectivity index (χ1v) is 6.26. The lowest BCUT2D eigenvalue weighted by Crippen LogP contribution is -2.53. The van der Waals surface area contributed by atoms with Crippen molar-refractivity contribution in [2.75, 3.05) is 6.54 Å². The van der Waals surface area contributed by atoms with Gasteiger partial charge in [0.05, 0.1) is 6.54 Å². The second kappa shape index (κ2) is 4.73. The van der Waals surface area contributed by atoms with Gasteiger partial charge in [0.15, 0.2) is 0 Å². The Morgan fingerprint density at radius 3 is 2.35 bits per heavy atom. The van der Waals surface area contributed by atoms with Crippen LogP contribution in [0.2, 0.25) is 0 Å². The molecule has 2 rings (SSSR count). The summed E-state index contributed by atoms with van der Waals surface area (Å²) in [6.45, 7) is 1.80. The maximum atomic E-state index is 13.9. The zero-order valence-corrected chi connectivity index (χ0v) is 10.2. The third-order valence-electron chi connectivity index (χ3n) is 3.87. The maximum absolute atomic E-state index is 13.9. The smallest absolute Gasteiger partial charge is 0.285 e. The predicted molar refractivity (Wildman–Crippen MR) is 65.2 cm³/mol. The van der Waals surface area contributed by atoms with Crippen molar-refractivity contribution in [3.63, 3.8) is 0 Å². The second-order valence-electron chi connectivity index (χ2n) is 4.91. The number of hydrogen-bond donors (Lipinski definition) is 1. The Balaban J connectivity index is 1.98. The van der Waals surface area contributed by atoms with Gasteiger partial charge in [-0.25, -0.2) is 0 Å². The molecule has 0 atom stereocenters. The molecule has 1 nitrogen and oxygen atoms in total. The van der Waals surface area contributed by atoms with E-state index in [4.69, 9.17) is 0 Å². The molecule has 0 amide bonds. The molecule has 0 unspecified atom stereocenters. The van der Waals surface area contributed by atoms with Crippen LogP contribution in [0.5, 0.6) is 0 Å². The Morgan fingerprint density at radius 2 is 1.88 bits per heavy atom. The summed E-state index contributed by atoms with van der Waals surface area (Å²) in [5.74, 6) is -2.78. The van der Waals surface area contributed by atoms with Gasteiger partial charge in [0.25, 0.3) is 5.92 Å². The van der Waals surface area contributed by atoms with E-state index in [1.54, 1.807) is 18.2 Å². The zero-order chi connectivity index (χ0) is 12.4. The number of nitrogens with one attached hydrogen (secondary N) is 1. The molecule has 1 aliphatic rings.